The Morgan fingerprint density at radius 3 is 2.64 bits per heavy atom. The van der Waals surface area contributed by atoms with Crippen molar-refractivity contribution >= 4 is 16.9 Å². The molecule has 0 bridgehead atoms. The molecule has 2 aromatic carbocycles. The Balaban J connectivity index is 1.85. The summed E-state index contributed by atoms with van der Waals surface area (Å²) in [5.41, 5.74) is 5.47. The van der Waals surface area contributed by atoms with E-state index in [0.717, 1.165) is 29.3 Å². The summed E-state index contributed by atoms with van der Waals surface area (Å²) in [5.74, 6) is -0.524. The van der Waals surface area contributed by atoms with Crippen LogP contribution in [0.4, 0.5) is 4.39 Å². The number of fused-ring (bicyclic) bond motifs is 3. The van der Waals surface area contributed by atoms with Gasteiger partial charge in [0.2, 0.25) is 0 Å². The summed E-state index contributed by atoms with van der Waals surface area (Å²) in [6, 6.07) is 12.4. The molecule has 128 valence electrons. The molecule has 0 aliphatic heterocycles. The summed E-state index contributed by atoms with van der Waals surface area (Å²) in [6.07, 6.45) is 4.42. The summed E-state index contributed by atoms with van der Waals surface area (Å²) in [7, 11) is 1.40. The minimum absolute atomic E-state index is 0.217. The van der Waals surface area contributed by atoms with E-state index in [9.17, 15) is 9.18 Å². The van der Waals surface area contributed by atoms with Gasteiger partial charge in [0.15, 0.2) is 0 Å². The lowest BCUT2D eigenvalue weighted by atomic mass is 9.95. The van der Waals surface area contributed by atoms with Crippen molar-refractivity contribution in [3.8, 4) is 0 Å². The van der Waals surface area contributed by atoms with E-state index >= 15 is 0 Å². The maximum atomic E-state index is 13.2. The molecule has 0 saturated carbocycles. The number of esters is 1. The van der Waals surface area contributed by atoms with Crippen LogP contribution in [-0.4, -0.2) is 17.6 Å². The Kier molecular flexibility index (Phi) is 4.04. The normalized spacial score (nSPS) is 13.7. The summed E-state index contributed by atoms with van der Waals surface area (Å²) in [5, 5.41) is 1.14. The van der Waals surface area contributed by atoms with Gasteiger partial charge in [-0.05, 0) is 67.1 Å². The van der Waals surface area contributed by atoms with Crippen molar-refractivity contribution in [1.82, 2.24) is 4.57 Å². The minimum atomic E-state index is -0.308. The van der Waals surface area contributed by atoms with E-state index in [1.54, 1.807) is 0 Å². The molecule has 1 aromatic heterocycles. The van der Waals surface area contributed by atoms with Gasteiger partial charge in [-0.1, -0.05) is 12.1 Å². The zero-order chi connectivity index (χ0) is 17.4. The fourth-order valence-electron chi connectivity index (χ4n) is 3.83. The Hall–Kier alpha value is -2.62. The monoisotopic (exact) mass is 337 g/mol. The number of rotatable bonds is 3. The minimum Gasteiger partial charge on any atom is -0.465 e. The number of carbonyl (C=O) groups excluding carboxylic acids is 1. The lowest BCUT2D eigenvalue weighted by Crippen LogP contribution is -2.09. The van der Waals surface area contributed by atoms with Crippen LogP contribution in [0.2, 0.25) is 0 Å². The number of aryl methyl sites for hydroxylation is 1. The maximum Gasteiger partial charge on any atom is 0.337 e. The van der Waals surface area contributed by atoms with Gasteiger partial charge in [0, 0.05) is 23.1 Å². The highest BCUT2D eigenvalue weighted by atomic mass is 19.1. The van der Waals surface area contributed by atoms with E-state index in [0.29, 0.717) is 12.1 Å². The van der Waals surface area contributed by atoms with Crippen LogP contribution in [0.25, 0.3) is 10.9 Å². The van der Waals surface area contributed by atoms with Crippen LogP contribution in [0.3, 0.4) is 0 Å². The van der Waals surface area contributed by atoms with Crippen molar-refractivity contribution in [2.24, 2.45) is 0 Å². The van der Waals surface area contributed by atoms with Gasteiger partial charge in [-0.3, -0.25) is 0 Å². The van der Waals surface area contributed by atoms with Gasteiger partial charge in [-0.15, -0.1) is 0 Å². The van der Waals surface area contributed by atoms with E-state index in [1.165, 1.54) is 43.3 Å². The van der Waals surface area contributed by atoms with Crippen LogP contribution in [0.1, 0.15) is 40.0 Å². The SMILES string of the molecule is COC(=O)c1ccc2c(c1)c1c(n2Cc2ccc(F)cc2)CCCC1. The van der Waals surface area contributed by atoms with E-state index in [1.807, 2.05) is 30.3 Å². The van der Waals surface area contributed by atoms with E-state index in [2.05, 4.69) is 4.57 Å². The average Bonchev–Trinajstić information content (AvgIpc) is 2.96. The van der Waals surface area contributed by atoms with E-state index in [4.69, 9.17) is 4.74 Å². The average molecular weight is 337 g/mol. The van der Waals surface area contributed by atoms with Gasteiger partial charge in [0.05, 0.1) is 12.7 Å². The number of nitrogens with zero attached hydrogens (tertiary/aromatic N) is 1. The predicted molar refractivity (Wildman–Crippen MR) is 95.4 cm³/mol. The Morgan fingerprint density at radius 1 is 1.12 bits per heavy atom. The fraction of sp³-hybridized carbons (Fsp3) is 0.286. The number of methoxy groups -OCH3 is 1. The van der Waals surface area contributed by atoms with Crippen LogP contribution in [-0.2, 0) is 24.1 Å². The van der Waals surface area contributed by atoms with Crippen LogP contribution in [0.15, 0.2) is 42.5 Å². The third-order valence-electron chi connectivity index (χ3n) is 5.05. The molecule has 1 heterocycles. The molecule has 1 aliphatic carbocycles. The highest BCUT2D eigenvalue weighted by molar-refractivity contribution is 5.96. The number of aromatic nitrogens is 1. The lowest BCUT2D eigenvalue weighted by molar-refractivity contribution is 0.0601. The fourth-order valence-corrected chi connectivity index (χ4v) is 3.83. The quantitative estimate of drug-likeness (QED) is 0.659. The molecule has 0 saturated heterocycles. The third-order valence-corrected chi connectivity index (χ3v) is 5.05. The highest BCUT2D eigenvalue weighted by Gasteiger charge is 2.21. The Labute approximate surface area is 146 Å². The second-order valence-corrected chi connectivity index (χ2v) is 6.57. The molecule has 0 N–H and O–H groups in total. The number of hydrogen-bond donors (Lipinski definition) is 0. The standard InChI is InChI=1S/C21H20FNO2/c1-25-21(24)15-8-11-20-18(12-15)17-4-2-3-5-19(17)23(20)13-14-6-9-16(22)10-7-14/h6-12H,2-5,13H2,1H3. The van der Waals surface area contributed by atoms with Gasteiger partial charge in [-0.2, -0.15) is 0 Å². The van der Waals surface area contributed by atoms with Crippen molar-refractivity contribution in [1.29, 1.82) is 0 Å². The lowest BCUT2D eigenvalue weighted by Gasteiger charge is -2.16. The van der Waals surface area contributed by atoms with Gasteiger partial charge in [-0.25, -0.2) is 9.18 Å². The van der Waals surface area contributed by atoms with E-state index < -0.39 is 0 Å². The molecule has 4 heteroatoms. The number of carbonyl (C=O) groups is 1. The first-order valence-electron chi connectivity index (χ1n) is 8.64. The summed E-state index contributed by atoms with van der Waals surface area (Å²) in [6.45, 7) is 0.712. The smallest absolute Gasteiger partial charge is 0.337 e. The van der Waals surface area contributed by atoms with Crippen LogP contribution in [0.5, 0.6) is 0 Å². The van der Waals surface area contributed by atoms with E-state index in [-0.39, 0.29) is 11.8 Å². The number of benzene rings is 2. The van der Waals surface area contributed by atoms with Crippen LogP contribution in [0, 0.1) is 5.82 Å². The van der Waals surface area contributed by atoms with Crippen molar-refractivity contribution in [2.75, 3.05) is 7.11 Å². The molecular weight excluding hydrogens is 317 g/mol. The molecule has 0 unspecified atom stereocenters. The number of ether oxygens (including phenoxy) is 1. The second kappa shape index (κ2) is 6.36. The predicted octanol–water partition coefficient (Wildman–Crippen LogP) is 4.49. The second-order valence-electron chi connectivity index (χ2n) is 6.57. The first-order valence-corrected chi connectivity index (χ1v) is 8.64. The Morgan fingerprint density at radius 2 is 1.88 bits per heavy atom. The summed E-state index contributed by atoms with van der Waals surface area (Å²) in [4.78, 5) is 11.9. The summed E-state index contributed by atoms with van der Waals surface area (Å²) >= 11 is 0. The molecular formula is C21H20FNO2. The molecule has 4 rings (SSSR count). The van der Waals surface area contributed by atoms with Crippen molar-refractivity contribution in [2.45, 2.75) is 32.2 Å². The molecule has 0 atom stereocenters. The zero-order valence-corrected chi connectivity index (χ0v) is 14.2. The zero-order valence-electron chi connectivity index (χ0n) is 14.2. The van der Waals surface area contributed by atoms with Crippen molar-refractivity contribution in [3.63, 3.8) is 0 Å². The largest absolute Gasteiger partial charge is 0.465 e. The first-order chi connectivity index (χ1) is 12.2. The molecule has 3 nitrogen and oxygen atoms in total. The topological polar surface area (TPSA) is 31.2 Å². The molecule has 0 fully saturated rings. The van der Waals surface area contributed by atoms with Gasteiger partial charge < -0.3 is 9.30 Å². The molecule has 25 heavy (non-hydrogen) atoms. The van der Waals surface area contributed by atoms with Crippen molar-refractivity contribution in [3.05, 3.63) is 70.7 Å². The van der Waals surface area contributed by atoms with Gasteiger partial charge in [0.25, 0.3) is 0 Å². The van der Waals surface area contributed by atoms with Gasteiger partial charge in [0.1, 0.15) is 5.82 Å². The number of hydrogen-bond acceptors (Lipinski definition) is 2. The molecule has 0 radical (unpaired) electrons. The van der Waals surface area contributed by atoms with Gasteiger partial charge >= 0.3 is 5.97 Å². The molecule has 3 aromatic rings. The highest BCUT2D eigenvalue weighted by Crippen LogP contribution is 2.33. The number of halogens is 1. The molecule has 0 spiro atoms. The Bertz CT molecular complexity index is 941. The van der Waals surface area contributed by atoms with Crippen LogP contribution >= 0.6 is 0 Å². The van der Waals surface area contributed by atoms with Crippen LogP contribution < -0.4 is 0 Å². The molecule has 1 aliphatic rings. The third kappa shape index (κ3) is 2.82. The summed E-state index contributed by atoms with van der Waals surface area (Å²) < 4.78 is 20.4. The maximum absolute atomic E-state index is 13.2. The first kappa shape index (κ1) is 15.9. The molecule has 0 amide bonds. The van der Waals surface area contributed by atoms with Crippen molar-refractivity contribution < 1.29 is 13.9 Å².